The fourth-order valence-corrected chi connectivity index (χ4v) is 3.22. The van der Waals surface area contributed by atoms with Gasteiger partial charge in [-0.2, -0.15) is 0 Å². The van der Waals surface area contributed by atoms with Crippen molar-refractivity contribution >= 4 is 8.32 Å². The Morgan fingerprint density at radius 2 is 1.86 bits per heavy atom. The summed E-state index contributed by atoms with van der Waals surface area (Å²) in [5.74, 6) is 0.445. The van der Waals surface area contributed by atoms with Crippen molar-refractivity contribution in [3.8, 4) is 0 Å². The van der Waals surface area contributed by atoms with Gasteiger partial charge >= 0.3 is 0 Å². The van der Waals surface area contributed by atoms with E-state index >= 15 is 0 Å². The summed E-state index contributed by atoms with van der Waals surface area (Å²) in [6.07, 6.45) is 7.78. The Hall–Kier alpha value is -0.163. The molecular formula is C17H34O3Si. The molecular weight excluding hydrogens is 280 g/mol. The molecule has 0 aliphatic carbocycles. The average Bonchev–Trinajstić information content (AvgIpc) is 2.42. The van der Waals surface area contributed by atoms with Crippen LogP contribution in [0.3, 0.4) is 0 Å². The number of unbranched alkanes of at least 4 members (excludes halogenated alkanes) is 1. The lowest BCUT2D eigenvalue weighted by Gasteiger charge is -2.39. The third kappa shape index (κ3) is 5.51. The van der Waals surface area contributed by atoms with Crippen molar-refractivity contribution in [2.45, 2.75) is 77.5 Å². The van der Waals surface area contributed by atoms with Crippen LogP contribution in [0.5, 0.6) is 0 Å². The van der Waals surface area contributed by atoms with Crippen molar-refractivity contribution in [1.82, 2.24) is 0 Å². The fourth-order valence-electron chi connectivity index (χ4n) is 2.20. The van der Waals surface area contributed by atoms with Gasteiger partial charge in [-0.15, -0.1) is 0 Å². The Labute approximate surface area is 132 Å². The Morgan fingerprint density at radius 3 is 2.38 bits per heavy atom. The maximum atomic E-state index is 6.36. The Balaban J connectivity index is 2.66. The molecule has 4 heteroatoms. The zero-order valence-corrected chi connectivity index (χ0v) is 15.9. The second kappa shape index (κ2) is 7.91. The van der Waals surface area contributed by atoms with E-state index in [0.29, 0.717) is 12.5 Å². The molecule has 21 heavy (non-hydrogen) atoms. The highest BCUT2D eigenvalue weighted by molar-refractivity contribution is 6.74. The molecule has 0 saturated heterocycles. The van der Waals surface area contributed by atoms with E-state index in [1.165, 1.54) is 12.8 Å². The van der Waals surface area contributed by atoms with Crippen molar-refractivity contribution in [1.29, 1.82) is 0 Å². The molecule has 1 aliphatic rings. The van der Waals surface area contributed by atoms with E-state index < -0.39 is 8.32 Å². The van der Waals surface area contributed by atoms with Crippen LogP contribution in [0, 0.1) is 5.92 Å². The molecule has 1 rings (SSSR count). The van der Waals surface area contributed by atoms with E-state index in [1.807, 2.05) is 6.08 Å². The summed E-state index contributed by atoms with van der Waals surface area (Å²) in [4.78, 5) is 0. The van der Waals surface area contributed by atoms with Crippen molar-refractivity contribution in [3.05, 3.63) is 12.2 Å². The first-order chi connectivity index (χ1) is 9.71. The predicted molar refractivity (Wildman–Crippen MR) is 91.0 cm³/mol. The van der Waals surface area contributed by atoms with Gasteiger partial charge in [0.15, 0.2) is 14.6 Å². The Morgan fingerprint density at radius 1 is 1.19 bits per heavy atom. The van der Waals surface area contributed by atoms with Crippen LogP contribution in [-0.2, 0) is 13.9 Å². The van der Waals surface area contributed by atoms with Crippen LogP contribution in [-0.4, -0.2) is 34.4 Å². The molecule has 0 saturated carbocycles. The van der Waals surface area contributed by atoms with Crippen LogP contribution in [0.2, 0.25) is 18.1 Å². The van der Waals surface area contributed by atoms with Crippen LogP contribution in [0.15, 0.2) is 12.2 Å². The van der Waals surface area contributed by atoms with E-state index in [-0.39, 0.29) is 17.4 Å². The normalized spacial score (nSPS) is 27.1. The number of hydrogen-bond donors (Lipinski definition) is 0. The molecule has 124 valence electrons. The van der Waals surface area contributed by atoms with E-state index in [4.69, 9.17) is 13.9 Å². The molecule has 0 aromatic heterocycles. The molecule has 0 unspecified atom stereocenters. The van der Waals surface area contributed by atoms with Crippen molar-refractivity contribution in [2.75, 3.05) is 13.7 Å². The summed E-state index contributed by atoms with van der Waals surface area (Å²) in [5, 5.41) is 0.233. The minimum atomic E-state index is -1.73. The highest BCUT2D eigenvalue weighted by Gasteiger charge is 2.38. The van der Waals surface area contributed by atoms with Crippen LogP contribution < -0.4 is 0 Å². The van der Waals surface area contributed by atoms with E-state index in [2.05, 4.69) is 46.9 Å². The van der Waals surface area contributed by atoms with Gasteiger partial charge in [-0.3, -0.25) is 0 Å². The van der Waals surface area contributed by atoms with Gasteiger partial charge in [0, 0.05) is 13.0 Å². The second-order valence-corrected chi connectivity index (χ2v) is 12.4. The molecule has 0 aromatic carbocycles. The third-order valence-electron chi connectivity index (χ3n) is 4.84. The highest BCUT2D eigenvalue weighted by atomic mass is 28.4. The zero-order chi connectivity index (χ0) is 16.1. The molecule has 0 amide bonds. The van der Waals surface area contributed by atoms with E-state index in [9.17, 15) is 0 Å². The smallest absolute Gasteiger partial charge is 0.192 e. The minimum Gasteiger partial charge on any atom is -0.414 e. The summed E-state index contributed by atoms with van der Waals surface area (Å²) in [5.41, 5.74) is 0. The largest absolute Gasteiger partial charge is 0.414 e. The van der Waals surface area contributed by atoms with Gasteiger partial charge in [-0.1, -0.05) is 46.6 Å². The number of hydrogen-bond acceptors (Lipinski definition) is 3. The fraction of sp³-hybridized carbons (Fsp3) is 0.882. The molecule has 0 spiro atoms. The van der Waals surface area contributed by atoms with Gasteiger partial charge in [-0.25, -0.2) is 0 Å². The molecule has 1 aliphatic heterocycles. The summed E-state index contributed by atoms with van der Waals surface area (Å²) >= 11 is 0. The van der Waals surface area contributed by atoms with Crippen molar-refractivity contribution < 1.29 is 13.9 Å². The van der Waals surface area contributed by atoms with Gasteiger partial charge in [0.25, 0.3) is 0 Å². The van der Waals surface area contributed by atoms with Gasteiger partial charge in [0.05, 0.1) is 12.7 Å². The van der Waals surface area contributed by atoms with Gasteiger partial charge in [0.2, 0.25) is 0 Å². The van der Waals surface area contributed by atoms with E-state index in [1.54, 1.807) is 7.11 Å². The molecule has 0 radical (unpaired) electrons. The first kappa shape index (κ1) is 18.9. The molecule has 0 bridgehead atoms. The van der Waals surface area contributed by atoms with Crippen molar-refractivity contribution in [3.63, 3.8) is 0 Å². The van der Waals surface area contributed by atoms with Crippen LogP contribution >= 0.6 is 0 Å². The standard InChI is InChI=1S/C17H34O3Si/c1-8-9-10-14-11-12-16(18-5)20-15(14)13-19-21(6,7)17(2,3)4/h11-12,14-16H,8-10,13H2,1-7H3/t14-,15-,16+/m1/s1. The lowest BCUT2D eigenvalue weighted by molar-refractivity contribution is -0.155. The number of ether oxygens (including phenoxy) is 2. The first-order valence-corrected chi connectivity index (χ1v) is 11.1. The lowest BCUT2D eigenvalue weighted by Crippen LogP contribution is -2.45. The third-order valence-corrected chi connectivity index (χ3v) is 9.34. The Kier molecular flexibility index (Phi) is 7.11. The lowest BCUT2D eigenvalue weighted by atomic mass is 9.94. The molecule has 0 aromatic rings. The minimum absolute atomic E-state index is 0.112. The predicted octanol–water partition coefficient (Wildman–Crippen LogP) is 4.74. The Bertz CT molecular complexity index is 333. The maximum absolute atomic E-state index is 6.36. The summed E-state index contributed by atoms with van der Waals surface area (Å²) < 4.78 is 17.7. The second-order valence-electron chi connectivity index (χ2n) is 7.54. The van der Waals surface area contributed by atoms with Crippen LogP contribution in [0.25, 0.3) is 0 Å². The van der Waals surface area contributed by atoms with Gasteiger partial charge in [-0.05, 0) is 30.6 Å². The first-order valence-electron chi connectivity index (χ1n) is 8.22. The highest BCUT2D eigenvalue weighted by Crippen LogP contribution is 2.37. The average molecular weight is 315 g/mol. The molecule has 3 nitrogen and oxygen atoms in total. The molecule has 0 fully saturated rings. The summed E-state index contributed by atoms with van der Waals surface area (Å²) in [6, 6.07) is 0. The maximum Gasteiger partial charge on any atom is 0.192 e. The molecule has 3 atom stereocenters. The number of methoxy groups -OCH3 is 1. The summed E-state index contributed by atoms with van der Waals surface area (Å²) in [6.45, 7) is 14.3. The monoisotopic (exact) mass is 314 g/mol. The molecule has 0 N–H and O–H groups in total. The number of rotatable bonds is 7. The van der Waals surface area contributed by atoms with Crippen LogP contribution in [0.4, 0.5) is 0 Å². The van der Waals surface area contributed by atoms with Gasteiger partial charge < -0.3 is 13.9 Å². The van der Waals surface area contributed by atoms with Crippen molar-refractivity contribution in [2.24, 2.45) is 5.92 Å². The SMILES string of the molecule is CCCC[C@@H]1C=C[C@@H](OC)O[C@@H]1CO[Si](C)(C)C(C)(C)C. The summed E-state index contributed by atoms with van der Waals surface area (Å²) in [7, 11) is -0.0392. The van der Waals surface area contributed by atoms with Crippen LogP contribution in [0.1, 0.15) is 47.0 Å². The quantitative estimate of drug-likeness (QED) is 0.502. The topological polar surface area (TPSA) is 27.7 Å². The zero-order valence-electron chi connectivity index (χ0n) is 14.9. The van der Waals surface area contributed by atoms with Gasteiger partial charge in [0.1, 0.15) is 0 Å². The van der Waals surface area contributed by atoms with E-state index in [0.717, 1.165) is 6.42 Å². The molecule has 1 heterocycles.